The molecule has 66 valence electrons. The normalized spacial score (nSPS) is 10.2. The maximum atomic E-state index is 11.4. The lowest BCUT2D eigenvalue weighted by atomic mass is 10.1. The first-order chi connectivity index (χ1) is 5.65. The molecule has 1 aromatic heterocycles. The highest BCUT2D eigenvalue weighted by molar-refractivity contribution is 5.94. The Morgan fingerprint density at radius 2 is 2.17 bits per heavy atom. The zero-order valence-corrected chi connectivity index (χ0v) is 7.68. The highest BCUT2D eigenvalue weighted by Gasteiger charge is 2.13. The van der Waals surface area contributed by atoms with Crippen LogP contribution in [-0.2, 0) is 0 Å². The summed E-state index contributed by atoms with van der Waals surface area (Å²) >= 11 is 0. The second kappa shape index (κ2) is 3.52. The Balaban J connectivity index is 2.87. The van der Waals surface area contributed by atoms with Gasteiger partial charge in [0.2, 0.25) is 0 Å². The summed E-state index contributed by atoms with van der Waals surface area (Å²) in [5, 5.41) is 0. The summed E-state index contributed by atoms with van der Waals surface area (Å²) in [7, 11) is 0. The largest absolute Gasteiger partial charge is 0.446 e. The van der Waals surface area contributed by atoms with E-state index in [0.29, 0.717) is 23.8 Å². The number of ketones is 1. The van der Waals surface area contributed by atoms with Crippen LogP contribution in [-0.4, -0.2) is 10.8 Å². The number of aromatic nitrogens is 1. The van der Waals surface area contributed by atoms with Crippen molar-refractivity contribution >= 4 is 5.78 Å². The average molecular weight is 167 g/mol. The summed E-state index contributed by atoms with van der Waals surface area (Å²) in [5.74, 6) is 1.27. The minimum Gasteiger partial charge on any atom is -0.446 e. The van der Waals surface area contributed by atoms with Crippen LogP contribution in [0, 0.1) is 13.8 Å². The molecule has 0 aliphatic rings. The standard InChI is InChI=1S/C9H13NO2/c1-4-5-8(11)9-6(2)12-7(3)10-9/h4-5H2,1-3H3. The van der Waals surface area contributed by atoms with Crippen molar-refractivity contribution in [1.82, 2.24) is 4.98 Å². The van der Waals surface area contributed by atoms with E-state index in [0.717, 1.165) is 6.42 Å². The monoisotopic (exact) mass is 167 g/mol. The van der Waals surface area contributed by atoms with Crippen LogP contribution in [0.1, 0.15) is 41.9 Å². The molecule has 1 rings (SSSR count). The molecule has 1 heterocycles. The molecule has 0 fully saturated rings. The third-order valence-electron chi connectivity index (χ3n) is 1.64. The number of aryl methyl sites for hydroxylation is 2. The third-order valence-corrected chi connectivity index (χ3v) is 1.64. The molecule has 0 aliphatic heterocycles. The molecule has 0 saturated carbocycles. The van der Waals surface area contributed by atoms with Crippen LogP contribution in [0.3, 0.4) is 0 Å². The molecule has 0 spiro atoms. The van der Waals surface area contributed by atoms with Gasteiger partial charge >= 0.3 is 0 Å². The molecule has 0 amide bonds. The van der Waals surface area contributed by atoms with Gasteiger partial charge in [-0.25, -0.2) is 4.98 Å². The van der Waals surface area contributed by atoms with E-state index in [1.807, 2.05) is 6.92 Å². The number of hydrogen-bond donors (Lipinski definition) is 0. The first-order valence-electron chi connectivity index (χ1n) is 4.12. The van der Waals surface area contributed by atoms with Crippen molar-refractivity contribution < 1.29 is 9.21 Å². The van der Waals surface area contributed by atoms with E-state index in [2.05, 4.69) is 4.98 Å². The summed E-state index contributed by atoms with van der Waals surface area (Å²) in [6.07, 6.45) is 1.40. The van der Waals surface area contributed by atoms with Crippen molar-refractivity contribution in [2.24, 2.45) is 0 Å². The molecule has 0 aromatic carbocycles. The van der Waals surface area contributed by atoms with Gasteiger partial charge in [0, 0.05) is 13.3 Å². The minimum atomic E-state index is 0.0758. The number of carbonyl (C=O) groups is 1. The first-order valence-corrected chi connectivity index (χ1v) is 4.12. The lowest BCUT2D eigenvalue weighted by molar-refractivity contribution is 0.0976. The van der Waals surface area contributed by atoms with Gasteiger partial charge in [-0.2, -0.15) is 0 Å². The van der Waals surface area contributed by atoms with Crippen molar-refractivity contribution in [3.63, 3.8) is 0 Å². The third kappa shape index (κ3) is 1.72. The fourth-order valence-corrected chi connectivity index (χ4v) is 1.13. The number of hydrogen-bond acceptors (Lipinski definition) is 3. The quantitative estimate of drug-likeness (QED) is 0.648. The van der Waals surface area contributed by atoms with Gasteiger partial charge in [-0.3, -0.25) is 4.79 Å². The Bertz CT molecular complexity index is 289. The smallest absolute Gasteiger partial charge is 0.191 e. The predicted octanol–water partition coefficient (Wildman–Crippen LogP) is 2.27. The van der Waals surface area contributed by atoms with Gasteiger partial charge in [0.15, 0.2) is 11.7 Å². The van der Waals surface area contributed by atoms with Crippen LogP contribution < -0.4 is 0 Å². The summed E-state index contributed by atoms with van der Waals surface area (Å²) in [4.78, 5) is 15.4. The minimum absolute atomic E-state index is 0.0758. The molecule has 0 saturated heterocycles. The van der Waals surface area contributed by atoms with Crippen LogP contribution in [0.25, 0.3) is 0 Å². The number of oxazole rings is 1. The summed E-state index contributed by atoms with van der Waals surface area (Å²) in [5.41, 5.74) is 0.495. The molecule has 12 heavy (non-hydrogen) atoms. The molecular formula is C9H13NO2. The molecule has 0 unspecified atom stereocenters. The highest BCUT2D eigenvalue weighted by atomic mass is 16.4. The van der Waals surface area contributed by atoms with Crippen LogP contribution in [0.4, 0.5) is 0 Å². The number of rotatable bonds is 3. The SMILES string of the molecule is CCCC(=O)c1nc(C)oc1C. The van der Waals surface area contributed by atoms with Crippen LogP contribution in [0.15, 0.2) is 4.42 Å². The Morgan fingerprint density at radius 3 is 2.58 bits per heavy atom. The number of Topliss-reactive ketones (excluding diaryl/α,β-unsaturated/α-hetero) is 1. The van der Waals surface area contributed by atoms with Gasteiger partial charge in [-0.15, -0.1) is 0 Å². The van der Waals surface area contributed by atoms with E-state index in [1.165, 1.54) is 0 Å². The summed E-state index contributed by atoms with van der Waals surface area (Å²) in [6, 6.07) is 0. The van der Waals surface area contributed by atoms with Crippen LogP contribution in [0.2, 0.25) is 0 Å². The maximum Gasteiger partial charge on any atom is 0.191 e. The first kappa shape index (κ1) is 8.97. The van der Waals surface area contributed by atoms with E-state index in [1.54, 1.807) is 13.8 Å². The van der Waals surface area contributed by atoms with Gasteiger partial charge in [0.1, 0.15) is 11.5 Å². The number of nitrogens with zero attached hydrogens (tertiary/aromatic N) is 1. The number of carbonyl (C=O) groups excluding carboxylic acids is 1. The van der Waals surface area contributed by atoms with E-state index in [-0.39, 0.29) is 5.78 Å². The molecular weight excluding hydrogens is 154 g/mol. The van der Waals surface area contributed by atoms with E-state index >= 15 is 0 Å². The molecule has 0 radical (unpaired) electrons. The highest BCUT2D eigenvalue weighted by Crippen LogP contribution is 2.11. The van der Waals surface area contributed by atoms with Gasteiger partial charge in [0.05, 0.1) is 0 Å². The Hall–Kier alpha value is -1.12. The zero-order chi connectivity index (χ0) is 9.14. The molecule has 1 aromatic rings. The molecule has 0 aliphatic carbocycles. The summed E-state index contributed by atoms with van der Waals surface area (Å²) < 4.78 is 5.15. The molecule has 3 heteroatoms. The van der Waals surface area contributed by atoms with Crippen molar-refractivity contribution in [2.45, 2.75) is 33.6 Å². The molecule has 3 nitrogen and oxygen atoms in total. The Labute approximate surface area is 71.8 Å². The Morgan fingerprint density at radius 1 is 1.50 bits per heavy atom. The lowest BCUT2D eigenvalue weighted by Crippen LogP contribution is -2.00. The average Bonchev–Trinajstić information content (AvgIpc) is 2.30. The van der Waals surface area contributed by atoms with Gasteiger partial charge in [-0.05, 0) is 13.3 Å². The van der Waals surface area contributed by atoms with Crippen molar-refractivity contribution in [1.29, 1.82) is 0 Å². The van der Waals surface area contributed by atoms with Crippen molar-refractivity contribution in [2.75, 3.05) is 0 Å². The second-order valence-corrected chi connectivity index (χ2v) is 2.81. The molecule has 0 N–H and O–H groups in total. The fraction of sp³-hybridized carbons (Fsp3) is 0.556. The maximum absolute atomic E-state index is 11.4. The van der Waals surface area contributed by atoms with E-state index in [4.69, 9.17) is 4.42 Å². The zero-order valence-electron chi connectivity index (χ0n) is 7.68. The second-order valence-electron chi connectivity index (χ2n) is 2.81. The topological polar surface area (TPSA) is 43.1 Å². The fourth-order valence-electron chi connectivity index (χ4n) is 1.13. The van der Waals surface area contributed by atoms with Crippen LogP contribution in [0.5, 0.6) is 0 Å². The van der Waals surface area contributed by atoms with Gasteiger partial charge in [-0.1, -0.05) is 6.92 Å². The van der Waals surface area contributed by atoms with E-state index < -0.39 is 0 Å². The van der Waals surface area contributed by atoms with Gasteiger partial charge in [0.25, 0.3) is 0 Å². The Kier molecular flexibility index (Phi) is 2.63. The van der Waals surface area contributed by atoms with Crippen molar-refractivity contribution in [3.8, 4) is 0 Å². The van der Waals surface area contributed by atoms with E-state index in [9.17, 15) is 4.79 Å². The lowest BCUT2D eigenvalue weighted by Gasteiger charge is -1.92. The molecule has 0 bridgehead atoms. The predicted molar refractivity (Wildman–Crippen MR) is 45.2 cm³/mol. The van der Waals surface area contributed by atoms with Gasteiger partial charge < -0.3 is 4.42 Å². The summed E-state index contributed by atoms with van der Waals surface area (Å²) in [6.45, 7) is 5.48. The van der Waals surface area contributed by atoms with Crippen LogP contribution >= 0.6 is 0 Å². The molecule has 0 atom stereocenters. The van der Waals surface area contributed by atoms with Crippen molar-refractivity contribution in [3.05, 3.63) is 17.3 Å².